The zero-order valence-electron chi connectivity index (χ0n) is 20.3. The number of hydrogen-bond donors (Lipinski definition) is 3. The molecule has 0 spiro atoms. The number of ether oxygens (including phenoxy) is 1. The summed E-state index contributed by atoms with van der Waals surface area (Å²) in [6.07, 6.45) is 1.77. The zero-order valence-corrected chi connectivity index (χ0v) is 21.1. The molecule has 3 aromatic heterocycles. The Morgan fingerprint density at radius 3 is 2.89 bits per heavy atom. The van der Waals surface area contributed by atoms with Gasteiger partial charge in [0.25, 0.3) is 5.91 Å². The summed E-state index contributed by atoms with van der Waals surface area (Å²) < 4.78 is 7.06. The van der Waals surface area contributed by atoms with E-state index in [-0.39, 0.29) is 5.91 Å². The molecule has 35 heavy (non-hydrogen) atoms. The van der Waals surface area contributed by atoms with Crippen LogP contribution < -0.4 is 15.4 Å². The predicted octanol–water partition coefficient (Wildman–Crippen LogP) is 3.83. The van der Waals surface area contributed by atoms with E-state index in [1.54, 1.807) is 35.8 Å². The zero-order chi connectivity index (χ0) is 24.8. The number of thioether (sulfide) groups is 1. The second-order valence-corrected chi connectivity index (χ2v) is 9.55. The number of rotatable bonds is 11. The van der Waals surface area contributed by atoms with Gasteiger partial charge in [0.05, 0.1) is 30.9 Å². The smallest absolute Gasteiger partial charge is 0.269 e. The molecule has 0 radical (unpaired) electrons. The fraction of sp³-hybridized carbons (Fsp3) is 0.375. The third-order valence-corrected chi connectivity index (χ3v) is 5.95. The molecule has 184 valence electrons. The van der Waals surface area contributed by atoms with E-state index >= 15 is 0 Å². The summed E-state index contributed by atoms with van der Waals surface area (Å²) in [6, 6.07) is 9.26. The lowest BCUT2D eigenvalue weighted by molar-refractivity contribution is 0.0947. The highest BCUT2D eigenvalue weighted by Gasteiger charge is 2.15. The first kappa shape index (κ1) is 24.5. The molecule has 3 heterocycles. The number of methoxy groups -OCH3 is 1. The average molecular weight is 495 g/mol. The SMILES string of the molecule is CCSc1nc(NCC(C)C)c2cnn(CCNC(=O)c3cc(-c4cccc(OC)c4)n[nH]3)c2n1. The number of carbonyl (C=O) groups excluding carboxylic acids is 1. The highest BCUT2D eigenvalue weighted by atomic mass is 32.2. The molecule has 0 aliphatic carbocycles. The number of fused-ring (bicyclic) bond motifs is 1. The summed E-state index contributed by atoms with van der Waals surface area (Å²) >= 11 is 1.59. The Balaban J connectivity index is 1.43. The van der Waals surface area contributed by atoms with E-state index in [2.05, 4.69) is 51.7 Å². The van der Waals surface area contributed by atoms with Crippen LogP contribution in [-0.4, -0.2) is 61.8 Å². The van der Waals surface area contributed by atoms with Crippen LogP contribution in [0.5, 0.6) is 5.75 Å². The number of H-pyrrole nitrogens is 1. The number of aromatic nitrogens is 6. The summed E-state index contributed by atoms with van der Waals surface area (Å²) in [7, 11) is 1.61. The van der Waals surface area contributed by atoms with E-state index in [1.165, 1.54) is 0 Å². The van der Waals surface area contributed by atoms with Crippen molar-refractivity contribution in [2.24, 2.45) is 5.92 Å². The molecule has 0 atom stereocenters. The molecular formula is C24H30N8O2S. The molecule has 1 aromatic carbocycles. The van der Waals surface area contributed by atoms with Crippen LogP contribution in [0.25, 0.3) is 22.3 Å². The Hall–Kier alpha value is -3.60. The van der Waals surface area contributed by atoms with Crippen molar-refractivity contribution in [1.82, 2.24) is 35.3 Å². The maximum absolute atomic E-state index is 12.7. The van der Waals surface area contributed by atoms with Gasteiger partial charge in [0.1, 0.15) is 17.3 Å². The quantitative estimate of drug-likeness (QED) is 0.212. The molecule has 4 aromatic rings. The van der Waals surface area contributed by atoms with Gasteiger partial charge in [-0.15, -0.1) is 0 Å². The number of nitrogens with zero attached hydrogens (tertiary/aromatic N) is 5. The number of aromatic amines is 1. The molecule has 0 aliphatic rings. The van der Waals surface area contributed by atoms with Crippen LogP contribution in [0.2, 0.25) is 0 Å². The van der Waals surface area contributed by atoms with Crippen molar-refractivity contribution in [3.05, 3.63) is 42.2 Å². The van der Waals surface area contributed by atoms with Gasteiger partial charge in [-0.3, -0.25) is 9.89 Å². The largest absolute Gasteiger partial charge is 0.497 e. The summed E-state index contributed by atoms with van der Waals surface area (Å²) in [5, 5.41) is 19.5. The van der Waals surface area contributed by atoms with E-state index in [0.717, 1.165) is 40.5 Å². The third-order valence-electron chi connectivity index (χ3n) is 5.22. The van der Waals surface area contributed by atoms with Crippen LogP contribution in [0, 0.1) is 5.92 Å². The van der Waals surface area contributed by atoms with Gasteiger partial charge in [0.2, 0.25) is 0 Å². The summed E-state index contributed by atoms with van der Waals surface area (Å²) in [4.78, 5) is 22.0. The molecule has 10 nitrogen and oxygen atoms in total. The van der Waals surface area contributed by atoms with Crippen molar-refractivity contribution >= 4 is 34.5 Å². The fourth-order valence-corrected chi connectivity index (χ4v) is 4.03. The van der Waals surface area contributed by atoms with Crippen LogP contribution in [0.1, 0.15) is 31.3 Å². The van der Waals surface area contributed by atoms with Gasteiger partial charge in [-0.1, -0.05) is 44.7 Å². The molecule has 4 rings (SSSR count). The molecule has 0 aliphatic heterocycles. The Kier molecular flexibility index (Phi) is 7.86. The minimum atomic E-state index is -0.237. The first-order chi connectivity index (χ1) is 17.0. The summed E-state index contributed by atoms with van der Waals surface area (Å²) in [6.45, 7) is 8.05. The lowest BCUT2D eigenvalue weighted by atomic mass is 10.1. The lowest BCUT2D eigenvalue weighted by Gasteiger charge is -2.11. The van der Waals surface area contributed by atoms with Crippen molar-refractivity contribution in [1.29, 1.82) is 0 Å². The van der Waals surface area contributed by atoms with E-state index in [0.29, 0.717) is 35.6 Å². The van der Waals surface area contributed by atoms with Crippen molar-refractivity contribution < 1.29 is 9.53 Å². The van der Waals surface area contributed by atoms with Crippen LogP contribution in [-0.2, 0) is 6.54 Å². The van der Waals surface area contributed by atoms with Gasteiger partial charge in [0, 0.05) is 18.7 Å². The first-order valence-corrected chi connectivity index (χ1v) is 12.5. The van der Waals surface area contributed by atoms with Gasteiger partial charge in [-0.2, -0.15) is 10.2 Å². The maximum Gasteiger partial charge on any atom is 0.269 e. The van der Waals surface area contributed by atoms with Crippen LogP contribution in [0.4, 0.5) is 5.82 Å². The van der Waals surface area contributed by atoms with E-state index in [4.69, 9.17) is 9.72 Å². The summed E-state index contributed by atoms with van der Waals surface area (Å²) in [5.74, 6) is 2.65. The van der Waals surface area contributed by atoms with Crippen molar-refractivity contribution in [3.63, 3.8) is 0 Å². The van der Waals surface area contributed by atoms with Gasteiger partial charge in [0.15, 0.2) is 10.8 Å². The minimum absolute atomic E-state index is 0.237. The van der Waals surface area contributed by atoms with Gasteiger partial charge in [-0.05, 0) is 29.9 Å². The van der Waals surface area contributed by atoms with Gasteiger partial charge < -0.3 is 15.4 Å². The molecule has 0 unspecified atom stereocenters. The van der Waals surface area contributed by atoms with E-state index in [9.17, 15) is 4.79 Å². The first-order valence-electron chi connectivity index (χ1n) is 11.6. The average Bonchev–Trinajstić information content (AvgIpc) is 3.51. The van der Waals surface area contributed by atoms with Crippen LogP contribution in [0.3, 0.4) is 0 Å². The predicted molar refractivity (Wildman–Crippen MR) is 138 cm³/mol. The van der Waals surface area contributed by atoms with Crippen LogP contribution >= 0.6 is 11.8 Å². The Morgan fingerprint density at radius 1 is 1.26 bits per heavy atom. The van der Waals surface area contributed by atoms with Gasteiger partial charge in [-0.25, -0.2) is 14.6 Å². The van der Waals surface area contributed by atoms with E-state index in [1.807, 2.05) is 24.3 Å². The molecule has 0 saturated heterocycles. The standard InChI is InChI=1S/C24H30N8O2S/c1-5-35-24-28-21(26-13-15(2)3)18-14-27-32(22(18)29-24)10-9-25-23(33)20-12-19(30-31-20)16-7-6-8-17(11-16)34-4/h6-8,11-12,14-15H,5,9-10,13H2,1-4H3,(H,25,33)(H,30,31)(H,26,28,29). The number of anilines is 1. The second-order valence-electron chi connectivity index (χ2n) is 8.32. The fourth-order valence-electron chi connectivity index (χ4n) is 3.47. The number of benzene rings is 1. The molecule has 0 saturated carbocycles. The van der Waals surface area contributed by atoms with E-state index < -0.39 is 0 Å². The molecule has 1 amide bonds. The Bertz CT molecular complexity index is 1300. The maximum atomic E-state index is 12.7. The van der Waals surface area contributed by atoms with Gasteiger partial charge >= 0.3 is 0 Å². The number of nitrogens with one attached hydrogen (secondary N) is 3. The number of amides is 1. The van der Waals surface area contributed by atoms with Crippen LogP contribution in [0.15, 0.2) is 41.7 Å². The molecular weight excluding hydrogens is 464 g/mol. The number of carbonyl (C=O) groups is 1. The van der Waals surface area contributed by atoms with Crippen molar-refractivity contribution in [2.45, 2.75) is 32.5 Å². The molecule has 0 fully saturated rings. The third kappa shape index (κ3) is 5.91. The molecule has 0 bridgehead atoms. The Labute approximate surface area is 208 Å². The minimum Gasteiger partial charge on any atom is -0.497 e. The molecule has 11 heteroatoms. The normalized spacial score (nSPS) is 11.2. The monoisotopic (exact) mass is 494 g/mol. The highest BCUT2D eigenvalue weighted by Crippen LogP contribution is 2.25. The van der Waals surface area contributed by atoms with Crippen molar-refractivity contribution in [2.75, 3.05) is 31.3 Å². The van der Waals surface area contributed by atoms with Crippen molar-refractivity contribution in [3.8, 4) is 17.0 Å². The molecule has 3 N–H and O–H groups in total. The Morgan fingerprint density at radius 2 is 2.11 bits per heavy atom. The second kappa shape index (κ2) is 11.2. The lowest BCUT2D eigenvalue weighted by Crippen LogP contribution is -2.27. The topological polar surface area (TPSA) is 123 Å². The number of hydrogen-bond acceptors (Lipinski definition) is 8. The summed E-state index contributed by atoms with van der Waals surface area (Å²) in [5.41, 5.74) is 2.67. The highest BCUT2D eigenvalue weighted by molar-refractivity contribution is 7.99.